The molecule has 8 heteroatoms. The van der Waals surface area contributed by atoms with Crippen LogP contribution in [0.1, 0.15) is 32.8 Å². The van der Waals surface area contributed by atoms with E-state index in [9.17, 15) is 0 Å². The zero-order valence-electron chi connectivity index (χ0n) is 18.6. The molecule has 0 aromatic heterocycles. The van der Waals surface area contributed by atoms with Crippen molar-refractivity contribution in [1.82, 2.24) is 15.5 Å². The quantitative estimate of drug-likeness (QED) is 0.297. The molecule has 0 aliphatic carbocycles. The van der Waals surface area contributed by atoms with Gasteiger partial charge in [0.25, 0.3) is 0 Å². The Kier molecular flexibility index (Phi) is 11.1. The molecule has 1 heterocycles. The molecule has 0 spiro atoms. The van der Waals surface area contributed by atoms with Crippen LogP contribution >= 0.6 is 24.0 Å². The number of nitrogens with zero attached hydrogens (tertiary/aromatic N) is 2. The predicted octanol–water partition coefficient (Wildman–Crippen LogP) is 2.88. The molecule has 1 aromatic carbocycles. The van der Waals surface area contributed by atoms with Crippen molar-refractivity contribution < 1.29 is 14.2 Å². The number of likely N-dealkylation sites (tertiary alicyclic amines) is 1. The fraction of sp³-hybridized carbons (Fsp3) is 0.667. The molecule has 1 saturated heterocycles. The Morgan fingerprint density at radius 2 is 1.83 bits per heavy atom. The molecular weight excluding hydrogens is 483 g/mol. The van der Waals surface area contributed by atoms with E-state index in [4.69, 9.17) is 19.2 Å². The van der Waals surface area contributed by atoms with Crippen LogP contribution in [0, 0.1) is 0 Å². The van der Waals surface area contributed by atoms with E-state index < -0.39 is 0 Å². The fourth-order valence-corrected chi connectivity index (χ4v) is 3.16. The van der Waals surface area contributed by atoms with Crippen LogP contribution in [0.5, 0.6) is 11.5 Å². The highest BCUT2D eigenvalue weighted by Crippen LogP contribution is 2.24. The number of halogens is 1. The van der Waals surface area contributed by atoms with Crippen molar-refractivity contribution in [2.24, 2.45) is 4.99 Å². The number of methoxy groups -OCH3 is 3. The summed E-state index contributed by atoms with van der Waals surface area (Å²) < 4.78 is 16.2. The minimum absolute atomic E-state index is 0. The lowest BCUT2D eigenvalue weighted by Crippen LogP contribution is -2.45. The summed E-state index contributed by atoms with van der Waals surface area (Å²) in [6.45, 7) is 10.5. The van der Waals surface area contributed by atoms with Gasteiger partial charge in [0.2, 0.25) is 0 Å². The molecule has 2 N–H and O–H groups in total. The molecule has 1 aliphatic rings. The highest BCUT2D eigenvalue weighted by Gasteiger charge is 2.24. The third kappa shape index (κ3) is 8.55. The highest BCUT2D eigenvalue weighted by molar-refractivity contribution is 14.0. The number of aliphatic imine (C=N–C) groups is 1. The lowest BCUT2D eigenvalue weighted by molar-refractivity contribution is 0.0310. The Bertz CT molecular complexity index is 633. The van der Waals surface area contributed by atoms with Gasteiger partial charge in [0.1, 0.15) is 11.5 Å². The Balaban J connectivity index is 0.00000420. The standard InChI is InChI=1S/C21H36N4O3.HI/c1-7-22-20(23-15-21(2,3)28-6)24-17-8-9-25(14-17)13-16-10-18(26-4)12-19(11-16)27-5;/h10-12,17H,7-9,13-15H2,1-6H3,(H2,22,23,24);1H. The van der Waals surface area contributed by atoms with Gasteiger partial charge in [-0.1, -0.05) is 0 Å². The molecular formula is C21H37IN4O3. The summed E-state index contributed by atoms with van der Waals surface area (Å²) in [5, 5.41) is 6.90. The van der Waals surface area contributed by atoms with Crippen LogP contribution in [0.15, 0.2) is 23.2 Å². The molecule has 1 fully saturated rings. The van der Waals surface area contributed by atoms with Gasteiger partial charge >= 0.3 is 0 Å². The van der Waals surface area contributed by atoms with Gasteiger partial charge in [-0.3, -0.25) is 9.89 Å². The van der Waals surface area contributed by atoms with Crippen molar-refractivity contribution in [2.45, 2.75) is 45.4 Å². The molecule has 1 aromatic rings. The van der Waals surface area contributed by atoms with E-state index in [1.54, 1.807) is 21.3 Å². The van der Waals surface area contributed by atoms with E-state index in [0.717, 1.165) is 50.1 Å². The van der Waals surface area contributed by atoms with Gasteiger partial charge in [0, 0.05) is 45.4 Å². The zero-order chi connectivity index (χ0) is 20.6. The summed E-state index contributed by atoms with van der Waals surface area (Å²) in [7, 11) is 5.08. The van der Waals surface area contributed by atoms with E-state index >= 15 is 0 Å². The van der Waals surface area contributed by atoms with E-state index in [1.165, 1.54) is 5.56 Å². The van der Waals surface area contributed by atoms with Gasteiger partial charge in [0.15, 0.2) is 5.96 Å². The molecule has 166 valence electrons. The molecule has 2 rings (SSSR count). The molecule has 1 unspecified atom stereocenters. The van der Waals surface area contributed by atoms with Crippen molar-refractivity contribution in [3.05, 3.63) is 23.8 Å². The molecule has 1 aliphatic heterocycles. The van der Waals surface area contributed by atoms with Crippen molar-refractivity contribution in [3.63, 3.8) is 0 Å². The van der Waals surface area contributed by atoms with E-state index in [0.29, 0.717) is 12.6 Å². The van der Waals surface area contributed by atoms with Gasteiger partial charge in [0.05, 0.1) is 26.4 Å². The number of benzene rings is 1. The first-order chi connectivity index (χ1) is 13.4. The maximum atomic E-state index is 5.47. The van der Waals surface area contributed by atoms with Crippen LogP contribution in [0.4, 0.5) is 0 Å². The van der Waals surface area contributed by atoms with Crippen LogP contribution in [-0.4, -0.2) is 70.0 Å². The van der Waals surface area contributed by atoms with Crippen molar-refractivity contribution in [1.29, 1.82) is 0 Å². The molecule has 0 saturated carbocycles. The van der Waals surface area contributed by atoms with Crippen LogP contribution in [0.3, 0.4) is 0 Å². The largest absolute Gasteiger partial charge is 0.497 e. The summed E-state index contributed by atoms with van der Waals surface area (Å²) in [4.78, 5) is 7.13. The molecule has 1 atom stereocenters. The van der Waals surface area contributed by atoms with Crippen LogP contribution in [0.25, 0.3) is 0 Å². The first kappa shape index (κ1) is 25.8. The first-order valence-electron chi connectivity index (χ1n) is 9.93. The Morgan fingerprint density at radius 1 is 1.17 bits per heavy atom. The second-order valence-electron chi connectivity index (χ2n) is 7.74. The minimum Gasteiger partial charge on any atom is -0.497 e. The fourth-order valence-electron chi connectivity index (χ4n) is 3.16. The maximum absolute atomic E-state index is 5.47. The van der Waals surface area contributed by atoms with Gasteiger partial charge in [-0.25, -0.2) is 0 Å². The number of hydrogen-bond donors (Lipinski definition) is 2. The third-order valence-electron chi connectivity index (χ3n) is 4.95. The Morgan fingerprint density at radius 3 is 2.38 bits per heavy atom. The number of nitrogens with one attached hydrogen (secondary N) is 2. The van der Waals surface area contributed by atoms with Gasteiger partial charge in [-0.05, 0) is 44.9 Å². The number of rotatable bonds is 9. The van der Waals surface area contributed by atoms with Gasteiger partial charge < -0.3 is 24.8 Å². The van der Waals surface area contributed by atoms with Crippen LogP contribution in [-0.2, 0) is 11.3 Å². The monoisotopic (exact) mass is 520 g/mol. The second-order valence-corrected chi connectivity index (χ2v) is 7.74. The second kappa shape index (κ2) is 12.4. The molecule has 7 nitrogen and oxygen atoms in total. The minimum atomic E-state index is -0.268. The van der Waals surface area contributed by atoms with Crippen molar-refractivity contribution >= 4 is 29.9 Å². The van der Waals surface area contributed by atoms with E-state index in [2.05, 4.69) is 34.6 Å². The summed E-state index contributed by atoms with van der Waals surface area (Å²) in [6.07, 6.45) is 1.08. The lowest BCUT2D eigenvalue weighted by Gasteiger charge is -2.23. The number of ether oxygens (including phenoxy) is 3. The average Bonchev–Trinajstić information content (AvgIpc) is 3.12. The predicted molar refractivity (Wildman–Crippen MR) is 129 cm³/mol. The van der Waals surface area contributed by atoms with Crippen LogP contribution in [0.2, 0.25) is 0 Å². The zero-order valence-corrected chi connectivity index (χ0v) is 20.9. The third-order valence-corrected chi connectivity index (χ3v) is 4.95. The van der Waals surface area contributed by atoms with Crippen molar-refractivity contribution in [3.8, 4) is 11.5 Å². The van der Waals surface area contributed by atoms with E-state index in [1.807, 2.05) is 19.9 Å². The Hall–Kier alpha value is -1.26. The Labute approximate surface area is 192 Å². The normalized spacial score (nSPS) is 17.6. The highest BCUT2D eigenvalue weighted by atomic mass is 127. The maximum Gasteiger partial charge on any atom is 0.191 e. The summed E-state index contributed by atoms with van der Waals surface area (Å²) in [5.41, 5.74) is 0.925. The van der Waals surface area contributed by atoms with Gasteiger partial charge in [-0.15, -0.1) is 24.0 Å². The molecule has 0 amide bonds. The topological polar surface area (TPSA) is 67.4 Å². The summed E-state index contributed by atoms with van der Waals surface area (Å²) in [6, 6.07) is 6.41. The smallest absolute Gasteiger partial charge is 0.191 e. The first-order valence-corrected chi connectivity index (χ1v) is 9.93. The van der Waals surface area contributed by atoms with E-state index in [-0.39, 0.29) is 29.6 Å². The van der Waals surface area contributed by atoms with Gasteiger partial charge in [-0.2, -0.15) is 0 Å². The van der Waals surface area contributed by atoms with Crippen molar-refractivity contribution in [2.75, 3.05) is 47.5 Å². The van der Waals surface area contributed by atoms with Crippen LogP contribution < -0.4 is 20.1 Å². The number of hydrogen-bond acceptors (Lipinski definition) is 5. The molecule has 29 heavy (non-hydrogen) atoms. The average molecular weight is 520 g/mol. The molecule has 0 radical (unpaired) electrons. The lowest BCUT2D eigenvalue weighted by atomic mass is 10.1. The summed E-state index contributed by atoms with van der Waals surface area (Å²) in [5.74, 6) is 2.50. The molecule has 0 bridgehead atoms. The SMILES string of the molecule is CCNC(=NCC(C)(C)OC)NC1CCN(Cc2cc(OC)cc(OC)c2)C1.I. The summed E-state index contributed by atoms with van der Waals surface area (Å²) >= 11 is 0. The number of guanidine groups is 1.